The van der Waals surface area contributed by atoms with Gasteiger partial charge in [0.15, 0.2) is 0 Å². The zero-order valence-electron chi connectivity index (χ0n) is 21.0. The predicted octanol–water partition coefficient (Wildman–Crippen LogP) is -1.14. The molecular weight excluding hydrogens is 431 g/mol. The summed E-state index contributed by atoms with van der Waals surface area (Å²) in [5, 5.41) is 29.9. The van der Waals surface area contributed by atoms with Gasteiger partial charge in [0.2, 0.25) is 0 Å². The van der Waals surface area contributed by atoms with Crippen molar-refractivity contribution in [2.24, 2.45) is 0 Å². The molecule has 32 heavy (non-hydrogen) atoms. The number of aliphatic hydroxyl groups is 2. The van der Waals surface area contributed by atoms with E-state index in [-0.39, 0.29) is 80.2 Å². The Morgan fingerprint density at radius 3 is 2.31 bits per heavy atom. The number of fused-ring (bicyclic) bond motifs is 1. The molecule has 0 saturated carbocycles. The molecule has 8 heteroatoms. The molecule has 3 N–H and O–H groups in total. The number of aromatic nitrogens is 1. The molecular formula is C24H28FNNa2O4. The number of para-hydroxylation sites is 1. The van der Waals surface area contributed by atoms with E-state index in [1.807, 2.05) is 24.3 Å². The summed E-state index contributed by atoms with van der Waals surface area (Å²) in [6.45, 7) is 4.12. The number of hydrogen-bond acceptors (Lipinski definition) is 3. The van der Waals surface area contributed by atoms with Crippen LogP contribution in [0.25, 0.3) is 28.1 Å². The first kappa shape index (κ1) is 29.1. The van der Waals surface area contributed by atoms with Gasteiger partial charge in [-0.3, -0.25) is 4.79 Å². The Balaban J connectivity index is 0. The molecule has 0 amide bonds. The molecule has 2 aromatic carbocycles. The standard InChI is InChI=1S/C24H26FNO4.2Na.2H/c1-15(2)26-21-6-4-3-5-20(21)24(16-7-9-17(25)10-8-16)22(26)12-11-18(27)13-19(28)14-23(29)30;;;;/h3-12,15,18-19,27-28H,13-14H2,1-2H3,(H,29,30);;;;/q;2*+1;2*-1/b12-11+;;;;/t18-,19-;;;;/m1..../s1. The minimum atomic E-state index is -1.13. The van der Waals surface area contributed by atoms with Gasteiger partial charge in [0.05, 0.1) is 18.6 Å². The Labute approximate surface area is 234 Å². The van der Waals surface area contributed by atoms with Crippen LogP contribution in [0.3, 0.4) is 0 Å². The fourth-order valence-corrected chi connectivity index (χ4v) is 3.77. The molecule has 0 saturated heterocycles. The van der Waals surface area contributed by atoms with Gasteiger partial charge in [-0.25, -0.2) is 4.39 Å². The van der Waals surface area contributed by atoms with Gasteiger partial charge in [-0.2, -0.15) is 0 Å². The molecule has 1 aromatic heterocycles. The Morgan fingerprint density at radius 2 is 1.72 bits per heavy atom. The normalized spacial score (nSPS) is 13.1. The Hall–Kier alpha value is -0.960. The van der Waals surface area contributed by atoms with Crippen molar-refractivity contribution in [1.29, 1.82) is 0 Å². The van der Waals surface area contributed by atoms with Crippen LogP contribution in [0.4, 0.5) is 4.39 Å². The van der Waals surface area contributed by atoms with Crippen LogP contribution in [0, 0.1) is 5.82 Å². The van der Waals surface area contributed by atoms with Gasteiger partial charge in [-0.15, -0.1) is 0 Å². The van der Waals surface area contributed by atoms with Crippen molar-refractivity contribution < 1.29 is 86.5 Å². The summed E-state index contributed by atoms with van der Waals surface area (Å²) in [4.78, 5) is 10.7. The van der Waals surface area contributed by atoms with E-state index in [0.29, 0.717) is 0 Å². The van der Waals surface area contributed by atoms with Gasteiger partial charge >= 0.3 is 65.1 Å². The molecule has 3 rings (SSSR count). The summed E-state index contributed by atoms with van der Waals surface area (Å²) in [5.74, 6) is -1.43. The number of aliphatic hydroxyl groups excluding tert-OH is 2. The van der Waals surface area contributed by atoms with Crippen molar-refractivity contribution in [3.05, 3.63) is 66.1 Å². The monoisotopic (exact) mass is 459 g/mol. The molecule has 0 aliphatic heterocycles. The molecule has 0 aliphatic carbocycles. The van der Waals surface area contributed by atoms with Crippen molar-refractivity contribution in [2.75, 3.05) is 0 Å². The van der Waals surface area contributed by atoms with Gasteiger partial charge in [-0.1, -0.05) is 36.4 Å². The molecule has 0 unspecified atom stereocenters. The van der Waals surface area contributed by atoms with Crippen molar-refractivity contribution in [3.63, 3.8) is 0 Å². The second-order valence-electron chi connectivity index (χ2n) is 7.66. The van der Waals surface area contributed by atoms with Crippen molar-refractivity contribution in [3.8, 4) is 11.1 Å². The van der Waals surface area contributed by atoms with Crippen LogP contribution < -0.4 is 59.1 Å². The fourth-order valence-electron chi connectivity index (χ4n) is 3.77. The average Bonchev–Trinajstić information content (AvgIpc) is 3.00. The maximum absolute atomic E-state index is 13.5. The minimum Gasteiger partial charge on any atom is -1.00 e. The van der Waals surface area contributed by atoms with Gasteiger partial charge < -0.3 is 22.7 Å². The smallest absolute Gasteiger partial charge is 1.00 e. The summed E-state index contributed by atoms with van der Waals surface area (Å²) in [7, 11) is 0. The number of nitrogens with zero attached hydrogens (tertiary/aromatic N) is 1. The van der Waals surface area contributed by atoms with E-state index >= 15 is 0 Å². The van der Waals surface area contributed by atoms with E-state index in [1.165, 1.54) is 12.1 Å². The number of hydrogen-bond donors (Lipinski definition) is 3. The van der Waals surface area contributed by atoms with Crippen LogP contribution in [0.15, 0.2) is 54.6 Å². The molecule has 0 bridgehead atoms. The Kier molecular flexibility index (Phi) is 11.9. The molecule has 0 radical (unpaired) electrons. The van der Waals surface area contributed by atoms with Crippen LogP contribution >= 0.6 is 0 Å². The topological polar surface area (TPSA) is 82.7 Å². The molecule has 2 atom stereocenters. The first-order valence-corrected chi connectivity index (χ1v) is 9.93. The summed E-state index contributed by atoms with van der Waals surface area (Å²) in [6.07, 6.45) is 0.727. The van der Waals surface area contributed by atoms with E-state index < -0.39 is 24.6 Å². The zero-order chi connectivity index (χ0) is 21.8. The molecule has 0 aliphatic rings. The maximum Gasteiger partial charge on any atom is 1.00 e. The average molecular weight is 459 g/mol. The second kappa shape index (κ2) is 13.1. The molecule has 1 heterocycles. The largest absolute Gasteiger partial charge is 1.00 e. The maximum atomic E-state index is 13.5. The first-order chi connectivity index (χ1) is 14.3. The third kappa shape index (κ3) is 7.02. The first-order valence-electron chi connectivity index (χ1n) is 9.93. The fraction of sp³-hybridized carbons (Fsp3) is 0.292. The number of carboxylic acid groups (broad SMARTS) is 1. The SMILES string of the molecule is CC(C)n1c(/C=C/[C@@H](O)C[C@@H](O)CC(=O)O)c(-c2ccc(F)cc2)c2ccccc21.[H-].[H-].[Na+].[Na+]. The number of carboxylic acids is 1. The summed E-state index contributed by atoms with van der Waals surface area (Å²) in [6, 6.07) is 14.4. The predicted molar refractivity (Wildman–Crippen MR) is 118 cm³/mol. The number of benzene rings is 2. The van der Waals surface area contributed by atoms with Gasteiger partial charge in [0.25, 0.3) is 0 Å². The summed E-state index contributed by atoms with van der Waals surface area (Å²) < 4.78 is 15.6. The molecule has 162 valence electrons. The van der Waals surface area contributed by atoms with Crippen molar-refractivity contribution in [1.82, 2.24) is 4.57 Å². The van der Waals surface area contributed by atoms with Crippen molar-refractivity contribution >= 4 is 22.9 Å². The van der Waals surface area contributed by atoms with Crippen LogP contribution in [0.5, 0.6) is 0 Å². The minimum absolute atomic E-state index is 0. The van der Waals surface area contributed by atoms with E-state index in [0.717, 1.165) is 27.7 Å². The van der Waals surface area contributed by atoms with Crippen LogP contribution in [-0.2, 0) is 4.79 Å². The number of halogens is 1. The van der Waals surface area contributed by atoms with E-state index in [9.17, 15) is 19.4 Å². The number of rotatable bonds is 8. The Morgan fingerprint density at radius 1 is 1.09 bits per heavy atom. The van der Waals surface area contributed by atoms with Crippen LogP contribution in [0.2, 0.25) is 0 Å². The van der Waals surface area contributed by atoms with Crippen molar-refractivity contribution in [2.45, 2.75) is 44.9 Å². The van der Waals surface area contributed by atoms with E-state index in [2.05, 4.69) is 18.4 Å². The summed E-state index contributed by atoms with van der Waals surface area (Å²) in [5.41, 5.74) is 3.65. The Bertz CT molecular complexity index is 1070. The van der Waals surface area contributed by atoms with Gasteiger partial charge in [0.1, 0.15) is 5.82 Å². The molecule has 5 nitrogen and oxygen atoms in total. The summed E-state index contributed by atoms with van der Waals surface area (Å²) >= 11 is 0. The quantitative estimate of drug-likeness (QED) is 0.372. The van der Waals surface area contributed by atoms with Gasteiger partial charge in [-0.05, 0) is 43.7 Å². The van der Waals surface area contributed by atoms with Crippen LogP contribution in [0.1, 0.15) is 41.3 Å². The molecule has 3 aromatic rings. The number of carbonyl (C=O) groups is 1. The second-order valence-corrected chi connectivity index (χ2v) is 7.66. The number of aliphatic carboxylic acids is 1. The van der Waals surface area contributed by atoms with Gasteiger partial charge in [0, 0.05) is 34.6 Å². The molecule has 0 spiro atoms. The van der Waals surface area contributed by atoms with E-state index in [4.69, 9.17) is 5.11 Å². The van der Waals surface area contributed by atoms with E-state index in [1.54, 1.807) is 24.3 Å². The zero-order valence-corrected chi connectivity index (χ0v) is 23.0. The van der Waals surface area contributed by atoms with Crippen LogP contribution in [-0.4, -0.2) is 38.1 Å². The third-order valence-corrected chi connectivity index (χ3v) is 5.00. The third-order valence-electron chi connectivity index (χ3n) is 5.00. The molecule has 0 fully saturated rings.